The Bertz CT molecular complexity index is 771. The zero-order valence-electron chi connectivity index (χ0n) is 16.8. The van der Waals surface area contributed by atoms with Crippen LogP contribution in [0.2, 0.25) is 0 Å². The number of nitrogens with one attached hydrogen (secondary N) is 1. The van der Waals surface area contributed by atoms with Gasteiger partial charge >= 0.3 is 5.97 Å². The standard InChI is InChI=1S/C23H29NO5/c1-2-3-4-5-14-29-23(28)21(15-17-6-10-19(25)11-7-17)24-22(27)16-18-8-12-20(26)13-9-18/h6-13,21,25-26H,2-5,14-16H2,1H3,(H,24,27). The van der Waals surface area contributed by atoms with Crippen molar-refractivity contribution < 1.29 is 24.5 Å². The number of carbonyl (C=O) groups is 2. The molecule has 0 fully saturated rings. The molecule has 1 amide bonds. The first-order valence-corrected chi connectivity index (χ1v) is 9.99. The molecule has 0 heterocycles. The first-order valence-electron chi connectivity index (χ1n) is 9.99. The van der Waals surface area contributed by atoms with Crippen LogP contribution in [0.4, 0.5) is 0 Å². The molecule has 1 unspecified atom stereocenters. The maximum Gasteiger partial charge on any atom is 0.328 e. The predicted molar refractivity (Wildman–Crippen MR) is 111 cm³/mol. The smallest absolute Gasteiger partial charge is 0.328 e. The molecule has 0 aromatic heterocycles. The monoisotopic (exact) mass is 399 g/mol. The van der Waals surface area contributed by atoms with Crippen LogP contribution in [0, 0.1) is 0 Å². The Morgan fingerprint density at radius 3 is 2.07 bits per heavy atom. The number of phenols is 2. The van der Waals surface area contributed by atoms with Gasteiger partial charge in [-0.15, -0.1) is 0 Å². The van der Waals surface area contributed by atoms with Gasteiger partial charge in [-0.1, -0.05) is 50.5 Å². The molecule has 156 valence electrons. The molecule has 0 saturated heterocycles. The van der Waals surface area contributed by atoms with E-state index in [1.807, 2.05) is 0 Å². The van der Waals surface area contributed by atoms with Crippen LogP contribution in [0.25, 0.3) is 0 Å². The summed E-state index contributed by atoms with van der Waals surface area (Å²) in [5.74, 6) is -0.498. The van der Waals surface area contributed by atoms with Crippen LogP contribution in [-0.2, 0) is 27.2 Å². The molecule has 0 aliphatic heterocycles. The summed E-state index contributed by atoms with van der Waals surface area (Å²) in [5, 5.41) is 21.5. The average Bonchev–Trinajstić information content (AvgIpc) is 2.70. The number of carbonyl (C=O) groups excluding carboxylic acids is 2. The first kappa shape index (κ1) is 22.3. The van der Waals surface area contributed by atoms with Crippen molar-refractivity contribution in [2.45, 2.75) is 51.5 Å². The second-order valence-corrected chi connectivity index (χ2v) is 7.06. The zero-order valence-corrected chi connectivity index (χ0v) is 16.8. The lowest BCUT2D eigenvalue weighted by Gasteiger charge is -2.18. The largest absolute Gasteiger partial charge is 0.508 e. The van der Waals surface area contributed by atoms with Crippen molar-refractivity contribution in [3.05, 3.63) is 59.7 Å². The molecule has 2 rings (SSSR count). The van der Waals surface area contributed by atoms with Gasteiger partial charge in [-0.3, -0.25) is 4.79 Å². The van der Waals surface area contributed by atoms with Crippen molar-refractivity contribution in [2.24, 2.45) is 0 Å². The third kappa shape index (κ3) is 8.25. The SMILES string of the molecule is CCCCCCOC(=O)C(Cc1ccc(O)cc1)NC(=O)Cc1ccc(O)cc1. The van der Waals surface area contributed by atoms with Gasteiger partial charge in [0.15, 0.2) is 0 Å². The number of rotatable bonds is 11. The summed E-state index contributed by atoms with van der Waals surface area (Å²) in [6.45, 7) is 2.45. The summed E-state index contributed by atoms with van der Waals surface area (Å²) in [4.78, 5) is 25.0. The highest BCUT2D eigenvalue weighted by molar-refractivity contribution is 5.85. The molecule has 2 aromatic carbocycles. The Balaban J connectivity index is 1.98. The summed E-state index contributed by atoms with van der Waals surface area (Å²) < 4.78 is 5.38. The molecule has 6 heteroatoms. The molecule has 0 saturated carbocycles. The van der Waals surface area contributed by atoms with E-state index in [4.69, 9.17) is 4.74 Å². The highest BCUT2D eigenvalue weighted by atomic mass is 16.5. The molecule has 6 nitrogen and oxygen atoms in total. The van der Waals surface area contributed by atoms with Gasteiger partial charge in [-0.25, -0.2) is 4.79 Å². The number of ether oxygens (including phenoxy) is 1. The number of amides is 1. The Morgan fingerprint density at radius 2 is 1.48 bits per heavy atom. The maximum absolute atomic E-state index is 12.6. The normalized spacial score (nSPS) is 11.6. The highest BCUT2D eigenvalue weighted by Crippen LogP contribution is 2.13. The minimum absolute atomic E-state index is 0.0934. The minimum atomic E-state index is -0.810. The Morgan fingerprint density at radius 1 is 0.897 bits per heavy atom. The molecule has 3 N–H and O–H groups in total. The first-order chi connectivity index (χ1) is 14.0. The van der Waals surface area contributed by atoms with Crippen LogP contribution < -0.4 is 5.32 Å². The van der Waals surface area contributed by atoms with Gasteiger partial charge in [0.25, 0.3) is 0 Å². The molecular weight excluding hydrogens is 370 g/mol. The molecule has 29 heavy (non-hydrogen) atoms. The summed E-state index contributed by atoms with van der Waals surface area (Å²) >= 11 is 0. The molecule has 0 aliphatic carbocycles. The Kier molecular flexibility index (Phi) is 9.02. The van der Waals surface area contributed by atoms with Crippen molar-refractivity contribution in [3.63, 3.8) is 0 Å². The van der Waals surface area contributed by atoms with Crippen LogP contribution in [-0.4, -0.2) is 34.7 Å². The van der Waals surface area contributed by atoms with E-state index in [-0.39, 0.29) is 30.2 Å². The number of hydrogen-bond acceptors (Lipinski definition) is 5. The number of esters is 1. The Hall–Kier alpha value is -3.02. The van der Waals surface area contributed by atoms with Crippen LogP contribution in [0.5, 0.6) is 11.5 Å². The summed E-state index contributed by atoms with van der Waals surface area (Å²) in [6.07, 6.45) is 4.36. The Labute approximate surface area is 171 Å². The maximum atomic E-state index is 12.6. The van der Waals surface area contributed by atoms with Gasteiger partial charge in [-0.05, 0) is 41.8 Å². The van der Waals surface area contributed by atoms with Gasteiger partial charge in [0.05, 0.1) is 13.0 Å². The van der Waals surface area contributed by atoms with E-state index in [0.29, 0.717) is 6.61 Å². The average molecular weight is 399 g/mol. The van der Waals surface area contributed by atoms with Crippen LogP contribution in [0.1, 0.15) is 43.7 Å². The van der Waals surface area contributed by atoms with E-state index in [0.717, 1.165) is 36.8 Å². The molecule has 1 atom stereocenters. The summed E-state index contributed by atoms with van der Waals surface area (Å²) in [7, 11) is 0. The van der Waals surface area contributed by atoms with Gasteiger partial charge in [-0.2, -0.15) is 0 Å². The van der Waals surface area contributed by atoms with E-state index in [1.54, 1.807) is 36.4 Å². The van der Waals surface area contributed by atoms with Crippen LogP contribution >= 0.6 is 0 Å². The van der Waals surface area contributed by atoms with E-state index in [1.165, 1.54) is 12.1 Å². The quantitative estimate of drug-likeness (QED) is 0.397. The van der Waals surface area contributed by atoms with Gasteiger partial charge in [0, 0.05) is 6.42 Å². The molecule has 0 spiro atoms. The van der Waals surface area contributed by atoms with Gasteiger partial charge < -0.3 is 20.3 Å². The van der Waals surface area contributed by atoms with Crippen LogP contribution in [0.3, 0.4) is 0 Å². The van der Waals surface area contributed by atoms with Gasteiger partial charge in [0.1, 0.15) is 17.5 Å². The van der Waals surface area contributed by atoms with E-state index in [9.17, 15) is 19.8 Å². The highest BCUT2D eigenvalue weighted by Gasteiger charge is 2.23. The molecule has 0 aliphatic rings. The zero-order chi connectivity index (χ0) is 21.1. The van der Waals surface area contributed by atoms with Crippen molar-refractivity contribution >= 4 is 11.9 Å². The number of hydrogen-bond donors (Lipinski definition) is 3. The fraction of sp³-hybridized carbons (Fsp3) is 0.391. The topological polar surface area (TPSA) is 95.9 Å². The second-order valence-electron chi connectivity index (χ2n) is 7.06. The molecular formula is C23H29NO5. The lowest BCUT2D eigenvalue weighted by atomic mass is 10.0. The molecule has 0 radical (unpaired) electrons. The van der Waals surface area contributed by atoms with Crippen molar-refractivity contribution in [1.82, 2.24) is 5.32 Å². The van der Waals surface area contributed by atoms with E-state index < -0.39 is 12.0 Å². The number of unbranched alkanes of at least 4 members (excludes halogenated alkanes) is 3. The molecule has 0 bridgehead atoms. The molecule has 2 aromatic rings. The number of aromatic hydroxyl groups is 2. The minimum Gasteiger partial charge on any atom is -0.508 e. The third-order valence-corrected chi connectivity index (χ3v) is 4.54. The van der Waals surface area contributed by atoms with Gasteiger partial charge in [0.2, 0.25) is 5.91 Å². The van der Waals surface area contributed by atoms with E-state index in [2.05, 4.69) is 12.2 Å². The second kappa shape index (κ2) is 11.7. The third-order valence-electron chi connectivity index (χ3n) is 4.54. The lowest BCUT2D eigenvalue weighted by Crippen LogP contribution is -2.44. The van der Waals surface area contributed by atoms with Crippen molar-refractivity contribution in [1.29, 1.82) is 0 Å². The number of phenolic OH excluding ortho intramolecular Hbond substituents is 2. The van der Waals surface area contributed by atoms with Crippen molar-refractivity contribution in [2.75, 3.05) is 6.61 Å². The van der Waals surface area contributed by atoms with E-state index >= 15 is 0 Å². The predicted octanol–water partition coefficient (Wildman–Crippen LogP) is 3.49. The lowest BCUT2D eigenvalue weighted by molar-refractivity contribution is -0.148. The van der Waals surface area contributed by atoms with Crippen LogP contribution in [0.15, 0.2) is 48.5 Å². The summed E-state index contributed by atoms with van der Waals surface area (Å²) in [6, 6.07) is 12.1. The fourth-order valence-corrected chi connectivity index (χ4v) is 2.91. The summed E-state index contributed by atoms with van der Waals surface area (Å²) in [5.41, 5.74) is 1.54. The number of benzene rings is 2. The fourth-order valence-electron chi connectivity index (χ4n) is 2.91. The van der Waals surface area contributed by atoms with Crippen molar-refractivity contribution in [3.8, 4) is 11.5 Å².